The van der Waals surface area contributed by atoms with Crippen LogP contribution in [-0.4, -0.2) is 22.1 Å². The SMILES string of the molecule is CCCn1c(NC(=O)c2c(F)cc(OC(F)F)cc2F)nc2ccccc21. The monoisotopic (exact) mass is 381 g/mol. The van der Waals surface area contributed by atoms with Gasteiger partial charge in [0.2, 0.25) is 5.95 Å². The van der Waals surface area contributed by atoms with Crippen molar-refractivity contribution in [2.45, 2.75) is 26.5 Å². The number of rotatable bonds is 6. The minimum absolute atomic E-state index is 0.134. The summed E-state index contributed by atoms with van der Waals surface area (Å²) < 4.78 is 58.3. The van der Waals surface area contributed by atoms with E-state index in [0.717, 1.165) is 11.9 Å². The number of halogens is 4. The second kappa shape index (κ2) is 7.65. The van der Waals surface area contributed by atoms with Gasteiger partial charge < -0.3 is 9.30 Å². The van der Waals surface area contributed by atoms with Gasteiger partial charge in [0.05, 0.1) is 11.0 Å². The van der Waals surface area contributed by atoms with Gasteiger partial charge in [0.1, 0.15) is 22.9 Å². The van der Waals surface area contributed by atoms with E-state index in [2.05, 4.69) is 15.0 Å². The van der Waals surface area contributed by atoms with E-state index in [-0.39, 0.29) is 5.95 Å². The van der Waals surface area contributed by atoms with E-state index in [4.69, 9.17) is 0 Å². The van der Waals surface area contributed by atoms with Gasteiger partial charge in [-0.3, -0.25) is 10.1 Å². The number of benzene rings is 2. The zero-order valence-electron chi connectivity index (χ0n) is 14.2. The highest BCUT2D eigenvalue weighted by Gasteiger charge is 2.22. The molecule has 0 radical (unpaired) electrons. The van der Waals surface area contributed by atoms with Gasteiger partial charge in [0.25, 0.3) is 5.91 Å². The summed E-state index contributed by atoms with van der Waals surface area (Å²) in [7, 11) is 0. The largest absolute Gasteiger partial charge is 0.435 e. The number of hydrogen-bond acceptors (Lipinski definition) is 3. The van der Waals surface area contributed by atoms with E-state index in [1.807, 2.05) is 19.1 Å². The Labute approximate surface area is 151 Å². The molecule has 0 fully saturated rings. The fourth-order valence-electron chi connectivity index (χ4n) is 2.72. The maximum absolute atomic E-state index is 14.1. The van der Waals surface area contributed by atoms with Crippen molar-refractivity contribution in [2.75, 3.05) is 5.32 Å². The van der Waals surface area contributed by atoms with Gasteiger partial charge in [-0.2, -0.15) is 8.78 Å². The number of fused-ring (bicyclic) bond motifs is 1. The van der Waals surface area contributed by atoms with Gasteiger partial charge in [-0.25, -0.2) is 13.8 Å². The predicted octanol–water partition coefficient (Wildman–Crippen LogP) is 4.58. The topological polar surface area (TPSA) is 56.2 Å². The maximum Gasteiger partial charge on any atom is 0.387 e. The summed E-state index contributed by atoms with van der Waals surface area (Å²) in [6, 6.07) is 8.19. The Morgan fingerprint density at radius 1 is 1.22 bits per heavy atom. The number of imidazole rings is 1. The van der Waals surface area contributed by atoms with Crippen molar-refractivity contribution in [3.8, 4) is 5.75 Å². The fraction of sp³-hybridized carbons (Fsp3) is 0.222. The molecule has 0 unspecified atom stereocenters. The molecule has 0 aliphatic rings. The Morgan fingerprint density at radius 2 is 1.89 bits per heavy atom. The number of nitrogens with zero attached hydrogens (tertiary/aromatic N) is 2. The van der Waals surface area contributed by atoms with Crippen LogP contribution in [0, 0.1) is 11.6 Å². The quantitative estimate of drug-likeness (QED) is 0.636. The summed E-state index contributed by atoms with van der Waals surface area (Å²) in [5, 5.41) is 2.39. The van der Waals surface area contributed by atoms with Crippen LogP contribution in [0.1, 0.15) is 23.7 Å². The van der Waals surface area contributed by atoms with Crippen LogP contribution in [0.5, 0.6) is 5.75 Å². The van der Waals surface area contributed by atoms with Crippen molar-refractivity contribution in [1.29, 1.82) is 0 Å². The lowest BCUT2D eigenvalue weighted by atomic mass is 10.1. The number of alkyl halides is 2. The average molecular weight is 381 g/mol. The third-order valence-electron chi connectivity index (χ3n) is 3.79. The number of nitrogens with one attached hydrogen (secondary N) is 1. The predicted molar refractivity (Wildman–Crippen MR) is 91.0 cm³/mol. The second-order valence-electron chi connectivity index (χ2n) is 5.67. The van der Waals surface area contributed by atoms with E-state index in [1.165, 1.54) is 0 Å². The smallest absolute Gasteiger partial charge is 0.387 e. The van der Waals surface area contributed by atoms with Gasteiger partial charge >= 0.3 is 6.61 Å². The molecule has 0 saturated heterocycles. The molecule has 1 aromatic heterocycles. The van der Waals surface area contributed by atoms with Gasteiger partial charge in [-0.15, -0.1) is 0 Å². The molecular formula is C18H15F4N3O2. The number of carbonyl (C=O) groups excluding carboxylic acids is 1. The molecule has 5 nitrogen and oxygen atoms in total. The number of amides is 1. The summed E-state index contributed by atoms with van der Waals surface area (Å²) in [5.41, 5.74) is 0.464. The first-order chi connectivity index (χ1) is 12.9. The Kier molecular flexibility index (Phi) is 5.29. The summed E-state index contributed by atoms with van der Waals surface area (Å²) in [6.07, 6.45) is 0.742. The lowest BCUT2D eigenvalue weighted by Gasteiger charge is -2.11. The first-order valence-electron chi connectivity index (χ1n) is 8.11. The molecule has 0 saturated carbocycles. The van der Waals surface area contributed by atoms with Crippen LogP contribution in [0.25, 0.3) is 11.0 Å². The molecule has 0 spiro atoms. The molecule has 3 aromatic rings. The fourth-order valence-corrected chi connectivity index (χ4v) is 2.72. The number of aryl methyl sites for hydroxylation is 1. The van der Waals surface area contributed by atoms with Crippen LogP contribution in [0.15, 0.2) is 36.4 Å². The van der Waals surface area contributed by atoms with E-state index in [1.54, 1.807) is 16.7 Å². The highest BCUT2D eigenvalue weighted by atomic mass is 19.3. The summed E-state index contributed by atoms with van der Waals surface area (Å²) in [6.45, 7) is -0.776. The molecule has 1 heterocycles. The second-order valence-corrected chi connectivity index (χ2v) is 5.67. The van der Waals surface area contributed by atoms with Crippen LogP contribution in [0.4, 0.5) is 23.5 Å². The number of aromatic nitrogens is 2. The first kappa shape index (κ1) is 18.7. The van der Waals surface area contributed by atoms with Crippen LogP contribution in [-0.2, 0) is 6.54 Å². The Hall–Kier alpha value is -3.10. The summed E-state index contributed by atoms with van der Waals surface area (Å²) >= 11 is 0. The molecule has 0 bridgehead atoms. The number of anilines is 1. The standard InChI is InChI=1S/C18H15F4N3O2/c1-2-7-25-14-6-4-3-5-13(14)23-18(25)24-16(26)15-11(19)8-10(9-12(15)20)27-17(21)22/h3-6,8-9,17H,2,7H2,1H3,(H,23,24,26). The lowest BCUT2D eigenvalue weighted by Crippen LogP contribution is -2.19. The van der Waals surface area contributed by atoms with Gasteiger partial charge in [-0.1, -0.05) is 19.1 Å². The molecule has 1 N–H and O–H groups in total. The minimum atomic E-state index is -3.24. The zero-order valence-corrected chi connectivity index (χ0v) is 14.2. The van der Waals surface area contributed by atoms with Crippen molar-refractivity contribution in [3.63, 3.8) is 0 Å². The summed E-state index contributed by atoms with van der Waals surface area (Å²) in [5.74, 6) is -4.30. The number of para-hydroxylation sites is 2. The van der Waals surface area contributed by atoms with E-state index < -0.39 is 35.5 Å². The Morgan fingerprint density at radius 3 is 2.52 bits per heavy atom. The third-order valence-corrected chi connectivity index (χ3v) is 3.79. The lowest BCUT2D eigenvalue weighted by molar-refractivity contribution is -0.0501. The molecule has 0 aliphatic carbocycles. The molecule has 0 atom stereocenters. The Balaban J connectivity index is 1.94. The molecule has 9 heteroatoms. The minimum Gasteiger partial charge on any atom is -0.435 e. The normalized spacial score (nSPS) is 11.2. The molecule has 1 amide bonds. The molecule has 27 heavy (non-hydrogen) atoms. The van der Waals surface area contributed by atoms with Crippen molar-refractivity contribution < 1.29 is 27.1 Å². The molecule has 142 valence electrons. The molecule has 3 rings (SSSR count). The first-order valence-corrected chi connectivity index (χ1v) is 8.11. The Bertz CT molecular complexity index is 965. The highest BCUT2D eigenvalue weighted by Crippen LogP contribution is 2.25. The van der Waals surface area contributed by atoms with Crippen molar-refractivity contribution in [2.24, 2.45) is 0 Å². The highest BCUT2D eigenvalue weighted by molar-refractivity contribution is 6.04. The average Bonchev–Trinajstić information content (AvgIpc) is 2.91. The zero-order chi connectivity index (χ0) is 19.6. The van der Waals surface area contributed by atoms with E-state index in [9.17, 15) is 22.4 Å². The van der Waals surface area contributed by atoms with Gasteiger partial charge in [0, 0.05) is 18.7 Å². The van der Waals surface area contributed by atoms with Crippen LogP contribution >= 0.6 is 0 Å². The maximum atomic E-state index is 14.1. The van der Waals surface area contributed by atoms with Crippen LogP contribution in [0.3, 0.4) is 0 Å². The van der Waals surface area contributed by atoms with E-state index >= 15 is 0 Å². The number of ether oxygens (including phenoxy) is 1. The van der Waals surface area contributed by atoms with Crippen molar-refractivity contribution in [1.82, 2.24) is 9.55 Å². The number of carbonyl (C=O) groups is 1. The van der Waals surface area contributed by atoms with Crippen LogP contribution in [0.2, 0.25) is 0 Å². The summed E-state index contributed by atoms with van der Waals surface area (Å²) in [4.78, 5) is 16.7. The van der Waals surface area contributed by atoms with Crippen molar-refractivity contribution in [3.05, 3.63) is 53.6 Å². The van der Waals surface area contributed by atoms with Crippen LogP contribution < -0.4 is 10.1 Å². The number of hydrogen-bond donors (Lipinski definition) is 1. The third kappa shape index (κ3) is 3.86. The van der Waals surface area contributed by atoms with Gasteiger partial charge in [0.15, 0.2) is 0 Å². The molecule has 2 aromatic carbocycles. The van der Waals surface area contributed by atoms with Gasteiger partial charge in [-0.05, 0) is 18.6 Å². The van der Waals surface area contributed by atoms with Crippen molar-refractivity contribution >= 4 is 22.9 Å². The van der Waals surface area contributed by atoms with E-state index in [0.29, 0.717) is 24.2 Å². The molecule has 0 aliphatic heterocycles. The molecular weight excluding hydrogens is 366 g/mol.